The first kappa shape index (κ1) is 13.0. The van der Waals surface area contributed by atoms with Crippen molar-refractivity contribution in [1.29, 1.82) is 0 Å². The van der Waals surface area contributed by atoms with Gasteiger partial charge in [0.25, 0.3) is 0 Å². The summed E-state index contributed by atoms with van der Waals surface area (Å²) >= 11 is 5.14. The summed E-state index contributed by atoms with van der Waals surface area (Å²) < 4.78 is 1.08. The lowest BCUT2D eigenvalue weighted by Crippen LogP contribution is -2.33. The molecule has 1 aromatic rings. The minimum atomic E-state index is -0.198. The van der Waals surface area contributed by atoms with E-state index in [1.54, 1.807) is 11.3 Å². The Balaban J connectivity index is 2.08. The number of likely N-dealkylation sites (tertiary alicyclic amines) is 1. The Labute approximate surface area is 113 Å². The maximum atomic E-state index is 11.2. The molecule has 1 amide bonds. The summed E-state index contributed by atoms with van der Waals surface area (Å²) in [4.78, 5) is 14.7. The summed E-state index contributed by atoms with van der Waals surface area (Å²) in [7, 11) is 0. The first-order valence-electron chi connectivity index (χ1n) is 5.59. The van der Waals surface area contributed by atoms with Gasteiger partial charge in [-0.3, -0.25) is 9.69 Å². The maximum absolute atomic E-state index is 11.2. The fraction of sp³-hybridized carbons (Fsp3) is 0.545. The summed E-state index contributed by atoms with van der Waals surface area (Å²) in [5, 5.41) is 2.06. The van der Waals surface area contributed by atoms with Crippen LogP contribution in [0.2, 0.25) is 0 Å². The second kappa shape index (κ2) is 5.48. The number of amides is 1. The minimum Gasteiger partial charge on any atom is -0.369 e. The third kappa shape index (κ3) is 2.88. The van der Waals surface area contributed by atoms with Crippen molar-refractivity contribution in [3.05, 3.63) is 20.8 Å². The highest BCUT2D eigenvalue weighted by atomic mass is 79.9. The number of carbonyl (C=O) groups excluding carboxylic acids is 1. The average Bonchev–Trinajstić information content (AvgIpc) is 2.89. The number of thiophene rings is 1. The van der Waals surface area contributed by atoms with Gasteiger partial charge in [0.2, 0.25) is 5.91 Å². The molecular formula is C11H16BrN3OS. The third-order valence-corrected chi connectivity index (χ3v) is 5.00. The van der Waals surface area contributed by atoms with Crippen molar-refractivity contribution >= 4 is 33.2 Å². The van der Waals surface area contributed by atoms with Gasteiger partial charge in [0.1, 0.15) is 0 Å². The molecule has 17 heavy (non-hydrogen) atoms. The van der Waals surface area contributed by atoms with Crippen LogP contribution in [-0.2, 0) is 4.79 Å². The number of hydrogen-bond donors (Lipinski definition) is 2. The van der Waals surface area contributed by atoms with Crippen molar-refractivity contribution in [3.8, 4) is 0 Å². The minimum absolute atomic E-state index is 0.0209. The van der Waals surface area contributed by atoms with Gasteiger partial charge in [0, 0.05) is 27.8 Å². The van der Waals surface area contributed by atoms with Gasteiger partial charge in [-0.05, 0) is 35.0 Å². The van der Waals surface area contributed by atoms with Crippen molar-refractivity contribution in [3.63, 3.8) is 0 Å². The van der Waals surface area contributed by atoms with Gasteiger partial charge in [0.05, 0.1) is 12.0 Å². The standard InChI is InChI=1S/C11H16BrN3OS/c12-8-3-10(17-6-8)9(4-13)15-2-1-7(5-15)11(14)16/h3,6-7,9H,1-2,4-5,13H2,(H2,14,16). The fourth-order valence-electron chi connectivity index (χ4n) is 2.25. The highest BCUT2D eigenvalue weighted by molar-refractivity contribution is 9.10. The molecule has 0 aliphatic carbocycles. The second-order valence-corrected chi connectivity index (χ2v) is 6.16. The van der Waals surface area contributed by atoms with Gasteiger partial charge in [-0.25, -0.2) is 0 Å². The van der Waals surface area contributed by atoms with Crippen molar-refractivity contribution in [2.75, 3.05) is 19.6 Å². The number of halogens is 1. The maximum Gasteiger partial charge on any atom is 0.221 e. The summed E-state index contributed by atoms with van der Waals surface area (Å²) in [6, 6.07) is 2.30. The number of rotatable bonds is 4. The van der Waals surface area contributed by atoms with E-state index in [2.05, 4.69) is 32.3 Å². The smallest absolute Gasteiger partial charge is 0.221 e. The van der Waals surface area contributed by atoms with E-state index in [4.69, 9.17) is 11.5 Å². The lowest BCUT2D eigenvalue weighted by molar-refractivity contribution is -0.121. The van der Waals surface area contributed by atoms with E-state index < -0.39 is 0 Å². The van der Waals surface area contributed by atoms with Crippen molar-refractivity contribution in [2.24, 2.45) is 17.4 Å². The average molecular weight is 318 g/mol. The number of primary amides is 1. The Hall–Kier alpha value is -0.430. The Bertz CT molecular complexity index is 409. The lowest BCUT2D eigenvalue weighted by atomic mass is 10.1. The molecule has 94 valence electrons. The molecule has 1 fully saturated rings. The summed E-state index contributed by atoms with van der Waals surface area (Å²) in [6.45, 7) is 2.19. The molecule has 1 aliphatic rings. The SMILES string of the molecule is NCC(c1cc(Br)cs1)N1CCC(C(N)=O)C1. The normalized spacial score (nSPS) is 22.8. The van der Waals surface area contributed by atoms with E-state index in [1.165, 1.54) is 4.88 Å². The van der Waals surface area contributed by atoms with Gasteiger partial charge in [-0.15, -0.1) is 11.3 Å². The van der Waals surface area contributed by atoms with Crippen LogP contribution in [0.4, 0.5) is 0 Å². The Morgan fingerprint density at radius 3 is 2.94 bits per heavy atom. The molecule has 1 saturated heterocycles. The summed E-state index contributed by atoms with van der Waals surface area (Å²) in [6.07, 6.45) is 0.846. The molecule has 0 bridgehead atoms. The van der Waals surface area contributed by atoms with Gasteiger partial charge >= 0.3 is 0 Å². The number of nitrogens with two attached hydrogens (primary N) is 2. The highest BCUT2D eigenvalue weighted by Crippen LogP contribution is 2.32. The zero-order chi connectivity index (χ0) is 12.4. The largest absolute Gasteiger partial charge is 0.369 e. The molecule has 0 saturated carbocycles. The molecule has 0 spiro atoms. The molecule has 1 aliphatic heterocycles. The number of carbonyl (C=O) groups is 1. The predicted molar refractivity (Wildman–Crippen MR) is 72.7 cm³/mol. The molecule has 0 radical (unpaired) electrons. The van der Waals surface area contributed by atoms with Gasteiger partial charge < -0.3 is 11.5 Å². The highest BCUT2D eigenvalue weighted by Gasteiger charge is 2.31. The first-order valence-corrected chi connectivity index (χ1v) is 7.26. The molecule has 0 aromatic carbocycles. The van der Waals surface area contributed by atoms with E-state index in [0.29, 0.717) is 6.54 Å². The van der Waals surface area contributed by atoms with Crippen molar-refractivity contribution in [1.82, 2.24) is 4.90 Å². The van der Waals surface area contributed by atoms with Crippen LogP contribution in [-0.4, -0.2) is 30.4 Å². The Morgan fingerprint density at radius 1 is 1.71 bits per heavy atom. The van der Waals surface area contributed by atoms with Crippen LogP contribution >= 0.6 is 27.3 Å². The topological polar surface area (TPSA) is 72.3 Å². The monoisotopic (exact) mass is 317 g/mol. The lowest BCUT2D eigenvalue weighted by Gasteiger charge is -2.25. The fourth-order valence-corrected chi connectivity index (χ4v) is 3.84. The molecular weight excluding hydrogens is 302 g/mol. The molecule has 4 N–H and O–H groups in total. The predicted octanol–water partition coefficient (Wildman–Crippen LogP) is 1.32. The van der Waals surface area contributed by atoms with Crippen molar-refractivity contribution in [2.45, 2.75) is 12.5 Å². The second-order valence-electron chi connectivity index (χ2n) is 4.30. The molecule has 2 heterocycles. The zero-order valence-corrected chi connectivity index (χ0v) is 11.8. The van der Waals surface area contributed by atoms with Crippen LogP contribution in [0.5, 0.6) is 0 Å². The van der Waals surface area contributed by atoms with Crippen LogP contribution in [0.15, 0.2) is 15.9 Å². The van der Waals surface area contributed by atoms with Crippen LogP contribution < -0.4 is 11.5 Å². The molecule has 2 atom stereocenters. The van der Waals surface area contributed by atoms with E-state index >= 15 is 0 Å². The van der Waals surface area contributed by atoms with Gasteiger partial charge in [0.15, 0.2) is 0 Å². The number of hydrogen-bond acceptors (Lipinski definition) is 4. The van der Waals surface area contributed by atoms with E-state index in [1.807, 2.05) is 0 Å². The van der Waals surface area contributed by atoms with E-state index in [0.717, 1.165) is 24.0 Å². The van der Waals surface area contributed by atoms with Crippen LogP contribution in [0, 0.1) is 5.92 Å². The molecule has 4 nitrogen and oxygen atoms in total. The van der Waals surface area contributed by atoms with Gasteiger partial charge in [-0.1, -0.05) is 0 Å². The molecule has 1 aromatic heterocycles. The summed E-state index contributed by atoms with van der Waals surface area (Å²) in [5.41, 5.74) is 11.2. The zero-order valence-electron chi connectivity index (χ0n) is 9.43. The van der Waals surface area contributed by atoms with Crippen LogP contribution in [0.1, 0.15) is 17.3 Å². The Kier molecular flexibility index (Phi) is 4.19. The third-order valence-electron chi connectivity index (χ3n) is 3.20. The molecule has 2 rings (SSSR count). The first-order chi connectivity index (χ1) is 8.11. The van der Waals surface area contributed by atoms with Gasteiger partial charge in [-0.2, -0.15) is 0 Å². The quantitative estimate of drug-likeness (QED) is 0.879. The van der Waals surface area contributed by atoms with Crippen LogP contribution in [0.25, 0.3) is 0 Å². The van der Waals surface area contributed by atoms with Crippen LogP contribution in [0.3, 0.4) is 0 Å². The summed E-state index contributed by atoms with van der Waals surface area (Å²) in [5.74, 6) is -0.219. The van der Waals surface area contributed by atoms with E-state index in [-0.39, 0.29) is 17.9 Å². The number of nitrogens with zero attached hydrogens (tertiary/aromatic N) is 1. The molecule has 2 unspecified atom stereocenters. The Morgan fingerprint density at radius 2 is 2.47 bits per heavy atom. The van der Waals surface area contributed by atoms with Crippen molar-refractivity contribution < 1.29 is 4.79 Å². The molecule has 6 heteroatoms. The van der Waals surface area contributed by atoms with E-state index in [9.17, 15) is 4.79 Å².